The zero-order chi connectivity index (χ0) is 10.4. The SMILES string of the molecule is CCN1CCN(CCN=NN)C[C@H]1C. The van der Waals surface area contributed by atoms with Gasteiger partial charge in [-0.25, -0.2) is 0 Å². The van der Waals surface area contributed by atoms with Gasteiger partial charge in [0.25, 0.3) is 0 Å². The number of nitrogens with two attached hydrogens (primary N) is 1. The van der Waals surface area contributed by atoms with Gasteiger partial charge in [0.05, 0.1) is 6.54 Å². The number of nitrogens with zero attached hydrogens (tertiary/aromatic N) is 4. The van der Waals surface area contributed by atoms with Crippen LogP contribution in [0.2, 0.25) is 0 Å². The zero-order valence-corrected chi connectivity index (χ0v) is 9.19. The van der Waals surface area contributed by atoms with Crippen molar-refractivity contribution in [2.24, 2.45) is 16.2 Å². The van der Waals surface area contributed by atoms with Crippen molar-refractivity contribution in [2.45, 2.75) is 19.9 Å². The highest BCUT2D eigenvalue weighted by Crippen LogP contribution is 2.08. The molecule has 0 aromatic heterocycles. The predicted octanol–water partition coefficient (Wildman–Crippen LogP) is 0.338. The van der Waals surface area contributed by atoms with Crippen LogP contribution in [0.4, 0.5) is 0 Å². The lowest BCUT2D eigenvalue weighted by Gasteiger charge is -2.39. The summed E-state index contributed by atoms with van der Waals surface area (Å²) in [5, 5.41) is 7.04. The summed E-state index contributed by atoms with van der Waals surface area (Å²) in [5.74, 6) is 4.95. The molecule has 0 aromatic carbocycles. The van der Waals surface area contributed by atoms with Crippen LogP contribution in [0, 0.1) is 0 Å². The third kappa shape index (κ3) is 3.23. The molecule has 1 heterocycles. The number of hydrogen-bond acceptors (Lipinski definition) is 4. The Labute approximate surface area is 85.9 Å². The van der Waals surface area contributed by atoms with Gasteiger partial charge in [0.15, 0.2) is 0 Å². The maximum atomic E-state index is 4.95. The fraction of sp³-hybridized carbons (Fsp3) is 1.00. The monoisotopic (exact) mass is 199 g/mol. The number of piperazine rings is 1. The molecule has 2 N–H and O–H groups in total. The van der Waals surface area contributed by atoms with Gasteiger partial charge in [-0.05, 0) is 13.5 Å². The first-order chi connectivity index (χ1) is 6.77. The first-order valence-electron chi connectivity index (χ1n) is 5.31. The first-order valence-corrected chi connectivity index (χ1v) is 5.31. The Morgan fingerprint density at radius 1 is 1.43 bits per heavy atom. The van der Waals surface area contributed by atoms with Crippen LogP contribution in [0.3, 0.4) is 0 Å². The normalized spacial score (nSPS) is 26.0. The van der Waals surface area contributed by atoms with Gasteiger partial charge in [0.1, 0.15) is 0 Å². The maximum Gasteiger partial charge on any atom is 0.0747 e. The molecule has 0 spiro atoms. The van der Waals surface area contributed by atoms with Crippen LogP contribution >= 0.6 is 0 Å². The Morgan fingerprint density at radius 3 is 2.79 bits per heavy atom. The quantitative estimate of drug-likeness (QED) is 0.403. The van der Waals surface area contributed by atoms with Crippen LogP contribution in [0.5, 0.6) is 0 Å². The van der Waals surface area contributed by atoms with E-state index in [4.69, 9.17) is 5.84 Å². The van der Waals surface area contributed by atoms with E-state index < -0.39 is 0 Å². The van der Waals surface area contributed by atoms with Gasteiger partial charge in [-0.3, -0.25) is 9.80 Å². The topological polar surface area (TPSA) is 57.2 Å². The molecule has 1 rings (SSSR count). The van der Waals surface area contributed by atoms with Gasteiger partial charge in [0.2, 0.25) is 0 Å². The van der Waals surface area contributed by atoms with Gasteiger partial charge >= 0.3 is 0 Å². The lowest BCUT2D eigenvalue weighted by atomic mass is 10.2. The Balaban J connectivity index is 2.24. The third-order valence-corrected chi connectivity index (χ3v) is 2.85. The standard InChI is InChI=1S/C9H21N5/c1-3-14-7-6-13(8-9(14)2)5-4-11-12-10/h9H,3-8H2,1-2H3,(H2,10,11)/t9-/m1/s1. The molecule has 0 bridgehead atoms. The van der Waals surface area contributed by atoms with Crippen LogP contribution in [0.15, 0.2) is 10.3 Å². The summed E-state index contributed by atoms with van der Waals surface area (Å²) >= 11 is 0. The Morgan fingerprint density at radius 2 is 2.21 bits per heavy atom. The highest BCUT2D eigenvalue weighted by atomic mass is 15.3. The fourth-order valence-electron chi connectivity index (χ4n) is 1.99. The van der Waals surface area contributed by atoms with E-state index >= 15 is 0 Å². The van der Waals surface area contributed by atoms with Crippen molar-refractivity contribution in [1.29, 1.82) is 0 Å². The largest absolute Gasteiger partial charge is 0.305 e. The summed E-state index contributed by atoms with van der Waals surface area (Å²) in [6.45, 7) is 10.8. The molecule has 0 saturated carbocycles. The second-order valence-corrected chi connectivity index (χ2v) is 3.76. The Bertz CT molecular complexity index is 182. The average molecular weight is 199 g/mol. The second kappa shape index (κ2) is 5.93. The molecular weight excluding hydrogens is 178 g/mol. The lowest BCUT2D eigenvalue weighted by molar-refractivity contribution is 0.0901. The molecule has 14 heavy (non-hydrogen) atoms. The molecule has 1 fully saturated rings. The summed E-state index contributed by atoms with van der Waals surface area (Å²) in [6, 6.07) is 0.656. The minimum Gasteiger partial charge on any atom is -0.305 e. The molecule has 1 saturated heterocycles. The Hall–Kier alpha value is -0.680. The minimum absolute atomic E-state index is 0.656. The zero-order valence-electron chi connectivity index (χ0n) is 9.19. The molecule has 1 aliphatic rings. The van der Waals surface area contributed by atoms with E-state index in [2.05, 4.69) is 34.0 Å². The van der Waals surface area contributed by atoms with E-state index in [1.807, 2.05) is 0 Å². The number of likely N-dealkylation sites (N-methyl/N-ethyl adjacent to an activating group) is 1. The van der Waals surface area contributed by atoms with Gasteiger partial charge in [-0.1, -0.05) is 12.1 Å². The molecular formula is C9H21N5. The molecule has 0 aromatic rings. The molecule has 5 heteroatoms. The molecule has 0 amide bonds. The van der Waals surface area contributed by atoms with Crippen molar-refractivity contribution in [3.63, 3.8) is 0 Å². The van der Waals surface area contributed by atoms with Crippen molar-refractivity contribution < 1.29 is 0 Å². The molecule has 0 aliphatic carbocycles. The molecule has 0 unspecified atom stereocenters. The van der Waals surface area contributed by atoms with Crippen LogP contribution in [-0.2, 0) is 0 Å². The van der Waals surface area contributed by atoms with Crippen molar-refractivity contribution in [1.82, 2.24) is 9.80 Å². The van der Waals surface area contributed by atoms with Gasteiger partial charge in [-0.15, -0.1) is 0 Å². The van der Waals surface area contributed by atoms with Gasteiger partial charge in [0, 0.05) is 32.2 Å². The van der Waals surface area contributed by atoms with Gasteiger partial charge in [-0.2, -0.15) is 5.11 Å². The van der Waals surface area contributed by atoms with Crippen molar-refractivity contribution in [2.75, 3.05) is 39.3 Å². The average Bonchev–Trinajstić information content (AvgIpc) is 2.18. The molecule has 5 nitrogen and oxygen atoms in total. The third-order valence-electron chi connectivity index (χ3n) is 2.85. The van der Waals surface area contributed by atoms with E-state index in [1.165, 1.54) is 0 Å². The van der Waals surface area contributed by atoms with Crippen LogP contribution in [-0.4, -0.2) is 55.1 Å². The molecule has 1 aliphatic heterocycles. The maximum absolute atomic E-state index is 4.95. The van der Waals surface area contributed by atoms with E-state index in [0.717, 1.165) is 39.3 Å². The van der Waals surface area contributed by atoms with E-state index in [1.54, 1.807) is 0 Å². The summed E-state index contributed by atoms with van der Waals surface area (Å²) in [4.78, 5) is 4.92. The van der Waals surface area contributed by atoms with E-state index in [0.29, 0.717) is 6.04 Å². The minimum atomic E-state index is 0.656. The van der Waals surface area contributed by atoms with E-state index in [-0.39, 0.29) is 0 Å². The molecule has 1 atom stereocenters. The van der Waals surface area contributed by atoms with Crippen LogP contribution in [0.1, 0.15) is 13.8 Å². The highest BCUT2D eigenvalue weighted by Gasteiger charge is 2.21. The predicted molar refractivity (Wildman–Crippen MR) is 57.1 cm³/mol. The summed E-state index contributed by atoms with van der Waals surface area (Å²) in [7, 11) is 0. The van der Waals surface area contributed by atoms with Gasteiger partial charge < -0.3 is 5.84 Å². The smallest absolute Gasteiger partial charge is 0.0747 e. The summed E-state index contributed by atoms with van der Waals surface area (Å²) in [6.07, 6.45) is 0. The van der Waals surface area contributed by atoms with E-state index in [9.17, 15) is 0 Å². The van der Waals surface area contributed by atoms with Crippen LogP contribution < -0.4 is 5.84 Å². The summed E-state index contributed by atoms with van der Waals surface area (Å²) in [5.41, 5.74) is 0. The highest BCUT2D eigenvalue weighted by molar-refractivity contribution is 4.78. The number of hydrogen-bond donors (Lipinski definition) is 1. The summed E-state index contributed by atoms with van der Waals surface area (Å²) < 4.78 is 0. The Kier molecular flexibility index (Phi) is 4.82. The molecule has 0 radical (unpaired) electrons. The molecule has 82 valence electrons. The van der Waals surface area contributed by atoms with Crippen molar-refractivity contribution in [3.05, 3.63) is 0 Å². The number of rotatable bonds is 4. The van der Waals surface area contributed by atoms with Crippen LogP contribution in [0.25, 0.3) is 0 Å². The fourth-order valence-corrected chi connectivity index (χ4v) is 1.99. The van der Waals surface area contributed by atoms with Crippen molar-refractivity contribution in [3.8, 4) is 0 Å². The second-order valence-electron chi connectivity index (χ2n) is 3.76. The van der Waals surface area contributed by atoms with Crippen molar-refractivity contribution >= 4 is 0 Å². The first kappa shape index (κ1) is 11.4. The lowest BCUT2D eigenvalue weighted by Crippen LogP contribution is -2.52.